The zero-order valence-electron chi connectivity index (χ0n) is 13.1. The molecule has 0 amide bonds. The van der Waals surface area contributed by atoms with E-state index >= 15 is 0 Å². The average Bonchev–Trinajstić information content (AvgIpc) is 2.57. The van der Waals surface area contributed by atoms with Gasteiger partial charge in [-0.25, -0.2) is 0 Å². The van der Waals surface area contributed by atoms with Crippen molar-refractivity contribution in [3.8, 4) is 0 Å². The standard InChI is InChI=1S/C18H22ClN3O/c19-17-13-20-7-6-18(17)22-10-8-21(9-11-22)14-16(23)12-15-4-2-1-3-5-15/h1-7,13,16,23H,8-12,14H2. The molecule has 23 heavy (non-hydrogen) atoms. The largest absolute Gasteiger partial charge is 0.391 e. The second-order valence-electron chi connectivity index (χ2n) is 5.96. The molecule has 1 aromatic heterocycles. The number of nitrogens with zero attached hydrogens (tertiary/aromatic N) is 3. The van der Waals surface area contributed by atoms with Gasteiger partial charge in [-0.2, -0.15) is 0 Å². The average molecular weight is 332 g/mol. The molecule has 4 nitrogen and oxygen atoms in total. The van der Waals surface area contributed by atoms with Crippen molar-refractivity contribution in [1.29, 1.82) is 0 Å². The van der Waals surface area contributed by atoms with Gasteiger partial charge in [0.05, 0.1) is 16.8 Å². The van der Waals surface area contributed by atoms with Crippen LogP contribution in [-0.2, 0) is 6.42 Å². The Labute approximate surface area is 142 Å². The van der Waals surface area contributed by atoms with E-state index in [-0.39, 0.29) is 6.10 Å². The van der Waals surface area contributed by atoms with Gasteiger partial charge in [0.1, 0.15) is 0 Å². The SMILES string of the molecule is OC(Cc1ccccc1)CN1CCN(c2ccncc2Cl)CC1. The van der Waals surface area contributed by atoms with Crippen molar-refractivity contribution in [2.75, 3.05) is 37.6 Å². The van der Waals surface area contributed by atoms with Gasteiger partial charge in [-0.05, 0) is 18.1 Å². The normalized spacial score (nSPS) is 17.2. The molecule has 0 aliphatic carbocycles. The smallest absolute Gasteiger partial charge is 0.0822 e. The quantitative estimate of drug-likeness (QED) is 0.913. The summed E-state index contributed by atoms with van der Waals surface area (Å²) >= 11 is 6.21. The molecule has 3 rings (SSSR count). The van der Waals surface area contributed by atoms with E-state index in [1.54, 1.807) is 12.4 Å². The number of anilines is 1. The molecule has 1 saturated heterocycles. The molecule has 0 radical (unpaired) electrons. The lowest BCUT2D eigenvalue weighted by Crippen LogP contribution is -2.49. The van der Waals surface area contributed by atoms with E-state index in [0.717, 1.165) is 31.9 Å². The van der Waals surface area contributed by atoms with Crippen molar-refractivity contribution in [2.24, 2.45) is 0 Å². The van der Waals surface area contributed by atoms with E-state index in [1.165, 1.54) is 5.56 Å². The fraction of sp³-hybridized carbons (Fsp3) is 0.389. The Hall–Kier alpha value is -1.62. The molecule has 1 aliphatic rings. The molecule has 0 bridgehead atoms. The lowest BCUT2D eigenvalue weighted by molar-refractivity contribution is 0.109. The number of aromatic nitrogens is 1. The first-order chi connectivity index (χ1) is 11.2. The highest BCUT2D eigenvalue weighted by atomic mass is 35.5. The van der Waals surface area contributed by atoms with Crippen LogP contribution in [0.5, 0.6) is 0 Å². The first-order valence-corrected chi connectivity index (χ1v) is 8.39. The molecule has 1 aromatic carbocycles. The Morgan fingerprint density at radius 3 is 2.52 bits per heavy atom. The van der Waals surface area contributed by atoms with E-state index in [1.807, 2.05) is 24.3 Å². The van der Waals surface area contributed by atoms with E-state index in [2.05, 4.69) is 26.9 Å². The van der Waals surface area contributed by atoms with Crippen LogP contribution in [0.1, 0.15) is 5.56 Å². The minimum Gasteiger partial charge on any atom is -0.391 e. The van der Waals surface area contributed by atoms with Crippen LogP contribution in [0.2, 0.25) is 5.02 Å². The van der Waals surface area contributed by atoms with Crippen LogP contribution < -0.4 is 4.90 Å². The Kier molecular flexibility index (Phi) is 5.49. The van der Waals surface area contributed by atoms with Crippen molar-refractivity contribution in [1.82, 2.24) is 9.88 Å². The number of rotatable bonds is 5. The molecule has 1 unspecified atom stereocenters. The number of benzene rings is 1. The molecule has 122 valence electrons. The summed E-state index contributed by atoms with van der Waals surface area (Å²) in [6.07, 6.45) is 3.84. The van der Waals surface area contributed by atoms with Crippen molar-refractivity contribution in [2.45, 2.75) is 12.5 Å². The van der Waals surface area contributed by atoms with E-state index < -0.39 is 0 Å². The fourth-order valence-corrected chi connectivity index (χ4v) is 3.28. The van der Waals surface area contributed by atoms with Crippen molar-refractivity contribution >= 4 is 17.3 Å². The fourth-order valence-electron chi connectivity index (χ4n) is 3.04. The number of pyridine rings is 1. The maximum absolute atomic E-state index is 10.3. The van der Waals surface area contributed by atoms with Crippen LogP contribution in [0, 0.1) is 0 Å². The van der Waals surface area contributed by atoms with Gasteiger partial charge < -0.3 is 10.0 Å². The number of aliphatic hydroxyl groups excluding tert-OH is 1. The summed E-state index contributed by atoms with van der Waals surface area (Å²) in [5, 5.41) is 11.0. The lowest BCUT2D eigenvalue weighted by atomic mass is 10.1. The topological polar surface area (TPSA) is 39.6 Å². The summed E-state index contributed by atoms with van der Waals surface area (Å²) in [7, 11) is 0. The van der Waals surface area contributed by atoms with Gasteiger partial charge in [-0.1, -0.05) is 41.9 Å². The van der Waals surface area contributed by atoms with Gasteiger partial charge in [-0.15, -0.1) is 0 Å². The third kappa shape index (κ3) is 4.44. The monoisotopic (exact) mass is 331 g/mol. The first-order valence-electron chi connectivity index (χ1n) is 8.01. The molecule has 2 heterocycles. The van der Waals surface area contributed by atoms with Crippen molar-refractivity contribution < 1.29 is 5.11 Å². The Morgan fingerprint density at radius 2 is 1.83 bits per heavy atom. The highest BCUT2D eigenvalue weighted by Gasteiger charge is 2.20. The van der Waals surface area contributed by atoms with Gasteiger partial charge in [0.2, 0.25) is 0 Å². The maximum atomic E-state index is 10.3. The van der Waals surface area contributed by atoms with Crippen LogP contribution in [0.15, 0.2) is 48.8 Å². The molecule has 0 spiro atoms. The minimum absolute atomic E-state index is 0.325. The maximum Gasteiger partial charge on any atom is 0.0822 e. The number of piperazine rings is 1. The van der Waals surface area contributed by atoms with E-state index in [0.29, 0.717) is 18.0 Å². The van der Waals surface area contributed by atoms with Crippen LogP contribution in [0.4, 0.5) is 5.69 Å². The van der Waals surface area contributed by atoms with Crippen molar-refractivity contribution in [3.05, 3.63) is 59.4 Å². The zero-order chi connectivity index (χ0) is 16.1. The molecule has 2 aromatic rings. The lowest BCUT2D eigenvalue weighted by Gasteiger charge is -2.37. The molecule has 1 atom stereocenters. The number of β-amino-alcohol motifs (C(OH)–C–C–N with tert-alkyl or cyclic N) is 1. The van der Waals surface area contributed by atoms with Gasteiger partial charge in [-0.3, -0.25) is 9.88 Å². The molecule has 5 heteroatoms. The highest BCUT2D eigenvalue weighted by molar-refractivity contribution is 6.33. The van der Waals surface area contributed by atoms with Crippen LogP contribution in [-0.4, -0.2) is 53.8 Å². The van der Waals surface area contributed by atoms with Gasteiger partial charge in [0, 0.05) is 45.1 Å². The number of halogens is 1. The summed E-state index contributed by atoms with van der Waals surface area (Å²) in [6, 6.07) is 12.1. The summed E-state index contributed by atoms with van der Waals surface area (Å²) < 4.78 is 0. The molecule has 1 aliphatic heterocycles. The van der Waals surface area contributed by atoms with Crippen LogP contribution in [0.25, 0.3) is 0 Å². The molecule has 1 fully saturated rings. The predicted molar refractivity (Wildman–Crippen MR) is 94.1 cm³/mol. The number of aliphatic hydroxyl groups is 1. The summed E-state index contributed by atoms with van der Waals surface area (Å²) in [5.74, 6) is 0. The second kappa shape index (κ2) is 7.77. The Balaban J connectivity index is 1.48. The molecular formula is C18H22ClN3O. The third-order valence-electron chi connectivity index (χ3n) is 4.25. The van der Waals surface area contributed by atoms with E-state index in [4.69, 9.17) is 11.6 Å². The summed E-state index contributed by atoms with van der Waals surface area (Å²) in [4.78, 5) is 8.63. The summed E-state index contributed by atoms with van der Waals surface area (Å²) in [5.41, 5.74) is 2.23. The van der Waals surface area contributed by atoms with Crippen LogP contribution in [0.3, 0.4) is 0 Å². The first kappa shape index (κ1) is 16.2. The molecular weight excluding hydrogens is 310 g/mol. The molecule has 1 N–H and O–H groups in total. The van der Waals surface area contributed by atoms with Crippen LogP contribution >= 0.6 is 11.6 Å². The van der Waals surface area contributed by atoms with Crippen molar-refractivity contribution in [3.63, 3.8) is 0 Å². The minimum atomic E-state index is -0.325. The summed E-state index contributed by atoms with van der Waals surface area (Å²) in [6.45, 7) is 4.42. The third-order valence-corrected chi connectivity index (χ3v) is 4.54. The predicted octanol–water partition coefficient (Wildman–Crippen LogP) is 2.46. The second-order valence-corrected chi connectivity index (χ2v) is 6.37. The van der Waals surface area contributed by atoms with Gasteiger partial charge in [0.15, 0.2) is 0 Å². The Morgan fingerprint density at radius 1 is 1.09 bits per heavy atom. The van der Waals surface area contributed by atoms with E-state index in [9.17, 15) is 5.11 Å². The van der Waals surface area contributed by atoms with Gasteiger partial charge >= 0.3 is 0 Å². The number of hydrogen-bond donors (Lipinski definition) is 1. The Bertz CT molecular complexity index is 615. The number of hydrogen-bond acceptors (Lipinski definition) is 4. The highest BCUT2D eigenvalue weighted by Crippen LogP contribution is 2.25. The van der Waals surface area contributed by atoms with Gasteiger partial charge in [0.25, 0.3) is 0 Å². The molecule has 0 saturated carbocycles. The zero-order valence-corrected chi connectivity index (χ0v) is 13.9.